The lowest BCUT2D eigenvalue weighted by Crippen LogP contribution is -2.25. The Morgan fingerprint density at radius 2 is 1.78 bits per heavy atom. The summed E-state index contributed by atoms with van der Waals surface area (Å²) in [5, 5.41) is 4.06. The van der Waals surface area contributed by atoms with Crippen LogP contribution < -0.4 is 5.43 Å². The Hall–Kier alpha value is -2.95. The van der Waals surface area contributed by atoms with E-state index in [9.17, 15) is 9.59 Å². The lowest BCUT2D eigenvalue weighted by atomic mass is 10.0. The van der Waals surface area contributed by atoms with Gasteiger partial charge in [-0.1, -0.05) is 42.5 Å². The van der Waals surface area contributed by atoms with Crippen LogP contribution in [0.3, 0.4) is 0 Å². The molecule has 0 saturated carbocycles. The lowest BCUT2D eigenvalue weighted by molar-refractivity contribution is -0.121. The fourth-order valence-electron chi connectivity index (χ4n) is 2.28. The molecule has 0 saturated heterocycles. The highest BCUT2D eigenvalue weighted by molar-refractivity contribution is 6.04. The van der Waals surface area contributed by atoms with Gasteiger partial charge in [-0.15, -0.1) is 0 Å². The Labute approximate surface area is 134 Å². The molecule has 3 rings (SSSR count). The third-order valence-corrected chi connectivity index (χ3v) is 3.57. The molecule has 0 aromatic heterocycles. The highest BCUT2D eigenvalue weighted by Gasteiger charge is 2.13. The van der Waals surface area contributed by atoms with Crippen molar-refractivity contribution >= 4 is 17.6 Å². The summed E-state index contributed by atoms with van der Waals surface area (Å²) in [6.45, 7) is 0.219. The second-order valence-electron chi connectivity index (χ2n) is 5.23. The van der Waals surface area contributed by atoms with Crippen LogP contribution in [0.25, 0.3) is 0 Å². The van der Waals surface area contributed by atoms with Crippen molar-refractivity contribution in [3.63, 3.8) is 0 Å². The number of amides is 1. The number of hydrazone groups is 1. The van der Waals surface area contributed by atoms with Crippen LogP contribution in [0.4, 0.5) is 0 Å². The molecule has 116 valence electrons. The number of hydrogen-bond acceptors (Lipinski definition) is 4. The van der Waals surface area contributed by atoms with Gasteiger partial charge in [0.1, 0.15) is 6.61 Å². The van der Waals surface area contributed by atoms with Crippen molar-refractivity contribution in [2.24, 2.45) is 5.10 Å². The molecule has 0 spiro atoms. The third kappa shape index (κ3) is 3.83. The number of nitrogens with one attached hydrogen (secondary N) is 1. The van der Waals surface area contributed by atoms with Gasteiger partial charge in [0.15, 0.2) is 0 Å². The molecule has 1 heterocycles. The highest BCUT2D eigenvalue weighted by atomic mass is 16.5. The summed E-state index contributed by atoms with van der Waals surface area (Å²) in [4.78, 5) is 23.0. The Bertz CT molecular complexity index is 737. The van der Waals surface area contributed by atoms with Crippen LogP contribution in [0.2, 0.25) is 0 Å². The predicted molar refractivity (Wildman–Crippen MR) is 85.9 cm³/mol. The second-order valence-corrected chi connectivity index (χ2v) is 5.23. The molecule has 5 heteroatoms. The maximum Gasteiger partial charge on any atom is 0.338 e. The molecule has 1 aliphatic rings. The lowest BCUT2D eigenvalue weighted by Gasteiger charge is -2.12. The van der Waals surface area contributed by atoms with Gasteiger partial charge in [0.25, 0.3) is 0 Å². The third-order valence-electron chi connectivity index (χ3n) is 3.57. The maximum atomic E-state index is 11.9. The zero-order valence-corrected chi connectivity index (χ0v) is 12.5. The van der Waals surface area contributed by atoms with Crippen LogP contribution in [-0.4, -0.2) is 17.6 Å². The van der Waals surface area contributed by atoms with E-state index in [1.807, 2.05) is 30.3 Å². The Morgan fingerprint density at radius 1 is 1.04 bits per heavy atom. The van der Waals surface area contributed by atoms with Gasteiger partial charge in [0.05, 0.1) is 11.3 Å². The summed E-state index contributed by atoms with van der Waals surface area (Å²) in [5.41, 5.74) is 5.74. The van der Waals surface area contributed by atoms with Gasteiger partial charge in [-0.05, 0) is 23.3 Å². The average Bonchev–Trinajstić information content (AvgIpc) is 2.61. The highest BCUT2D eigenvalue weighted by Crippen LogP contribution is 2.13. The SMILES string of the molecule is O=C1CCC(c2ccc(COC(=O)c3ccccc3)cc2)=NN1. The first-order chi connectivity index (χ1) is 11.2. The number of carbonyl (C=O) groups is 2. The Morgan fingerprint density at radius 3 is 2.43 bits per heavy atom. The molecule has 0 atom stereocenters. The van der Waals surface area contributed by atoms with Gasteiger partial charge in [-0.25, -0.2) is 10.2 Å². The molecule has 23 heavy (non-hydrogen) atoms. The molecule has 0 radical (unpaired) electrons. The van der Waals surface area contributed by atoms with E-state index < -0.39 is 0 Å². The molecule has 5 nitrogen and oxygen atoms in total. The fourth-order valence-corrected chi connectivity index (χ4v) is 2.28. The predicted octanol–water partition coefficient (Wildman–Crippen LogP) is 2.66. The molecule has 1 N–H and O–H groups in total. The van der Waals surface area contributed by atoms with Gasteiger partial charge in [0, 0.05) is 12.8 Å². The van der Waals surface area contributed by atoms with E-state index in [0.29, 0.717) is 18.4 Å². The summed E-state index contributed by atoms with van der Waals surface area (Å²) < 4.78 is 5.29. The first kappa shape index (κ1) is 15.0. The minimum absolute atomic E-state index is 0.0572. The number of nitrogens with zero attached hydrogens (tertiary/aromatic N) is 1. The van der Waals surface area contributed by atoms with Crippen molar-refractivity contribution in [2.45, 2.75) is 19.4 Å². The quantitative estimate of drug-likeness (QED) is 0.883. The number of esters is 1. The normalized spacial score (nSPS) is 13.9. The first-order valence-corrected chi connectivity index (χ1v) is 7.39. The minimum Gasteiger partial charge on any atom is -0.457 e. The van der Waals surface area contributed by atoms with Gasteiger partial charge in [-0.3, -0.25) is 4.79 Å². The van der Waals surface area contributed by atoms with E-state index >= 15 is 0 Å². The molecular formula is C18H16N2O3. The fraction of sp³-hybridized carbons (Fsp3) is 0.167. The van der Waals surface area contributed by atoms with Gasteiger partial charge < -0.3 is 4.74 Å². The van der Waals surface area contributed by atoms with E-state index in [1.54, 1.807) is 24.3 Å². The summed E-state index contributed by atoms with van der Waals surface area (Å²) in [7, 11) is 0. The molecule has 0 unspecified atom stereocenters. The summed E-state index contributed by atoms with van der Waals surface area (Å²) in [5.74, 6) is -0.396. The van der Waals surface area contributed by atoms with Gasteiger partial charge in [-0.2, -0.15) is 5.10 Å². The summed E-state index contributed by atoms with van der Waals surface area (Å²) in [6.07, 6.45) is 1.09. The largest absolute Gasteiger partial charge is 0.457 e. The van der Waals surface area contributed by atoms with Gasteiger partial charge in [0.2, 0.25) is 5.91 Å². The smallest absolute Gasteiger partial charge is 0.338 e. The number of hydrogen-bond donors (Lipinski definition) is 1. The maximum absolute atomic E-state index is 11.9. The van der Waals surface area contributed by atoms with Crippen molar-refractivity contribution < 1.29 is 14.3 Å². The summed E-state index contributed by atoms with van der Waals surface area (Å²) >= 11 is 0. The van der Waals surface area contributed by atoms with Crippen LogP contribution in [-0.2, 0) is 16.1 Å². The van der Waals surface area contributed by atoms with Gasteiger partial charge >= 0.3 is 5.97 Å². The molecule has 1 aliphatic heterocycles. The second kappa shape index (κ2) is 6.87. The number of ether oxygens (including phenoxy) is 1. The van der Waals surface area contributed by atoms with Crippen LogP contribution in [0.15, 0.2) is 59.7 Å². The van der Waals surface area contributed by atoms with Crippen molar-refractivity contribution in [3.05, 3.63) is 71.3 Å². The van der Waals surface area contributed by atoms with Crippen molar-refractivity contribution in [1.82, 2.24) is 5.43 Å². The monoisotopic (exact) mass is 308 g/mol. The minimum atomic E-state index is -0.339. The first-order valence-electron chi connectivity index (χ1n) is 7.39. The van der Waals surface area contributed by atoms with E-state index in [4.69, 9.17) is 4.74 Å². The summed E-state index contributed by atoms with van der Waals surface area (Å²) in [6, 6.07) is 16.5. The standard InChI is InChI=1S/C18H16N2O3/c21-17-11-10-16(19-20-17)14-8-6-13(7-9-14)12-23-18(22)15-4-2-1-3-5-15/h1-9H,10-12H2,(H,20,21). The average molecular weight is 308 g/mol. The van der Waals surface area contributed by atoms with E-state index in [0.717, 1.165) is 16.8 Å². The Kier molecular flexibility index (Phi) is 4.47. The van der Waals surface area contributed by atoms with Crippen molar-refractivity contribution in [1.29, 1.82) is 0 Å². The molecule has 0 fully saturated rings. The Balaban J connectivity index is 1.60. The van der Waals surface area contributed by atoms with E-state index in [2.05, 4.69) is 10.5 Å². The topological polar surface area (TPSA) is 67.8 Å². The van der Waals surface area contributed by atoms with Crippen molar-refractivity contribution in [3.8, 4) is 0 Å². The van der Waals surface area contributed by atoms with Crippen LogP contribution in [0.1, 0.15) is 34.3 Å². The molecule has 1 amide bonds. The zero-order valence-electron chi connectivity index (χ0n) is 12.5. The number of benzene rings is 2. The molecule has 2 aromatic carbocycles. The molecule has 2 aromatic rings. The van der Waals surface area contributed by atoms with E-state index in [-0.39, 0.29) is 18.5 Å². The van der Waals surface area contributed by atoms with Crippen molar-refractivity contribution in [2.75, 3.05) is 0 Å². The molecule has 0 bridgehead atoms. The van der Waals surface area contributed by atoms with E-state index in [1.165, 1.54) is 0 Å². The molecular weight excluding hydrogens is 292 g/mol. The van der Waals surface area contributed by atoms with Crippen LogP contribution >= 0.6 is 0 Å². The zero-order chi connectivity index (χ0) is 16.1. The molecule has 0 aliphatic carbocycles. The number of carbonyl (C=O) groups excluding carboxylic acids is 2. The van der Waals surface area contributed by atoms with Crippen LogP contribution in [0.5, 0.6) is 0 Å². The van der Waals surface area contributed by atoms with Crippen LogP contribution in [0, 0.1) is 0 Å². The number of rotatable bonds is 4.